The Morgan fingerprint density at radius 2 is 2.06 bits per heavy atom. The van der Waals surface area contributed by atoms with Gasteiger partial charge in [-0.1, -0.05) is 22.9 Å². The lowest BCUT2D eigenvalue weighted by atomic mass is 10.1. The van der Waals surface area contributed by atoms with Crippen molar-refractivity contribution in [2.75, 3.05) is 11.9 Å². The summed E-state index contributed by atoms with van der Waals surface area (Å²) < 4.78 is 14.5. The van der Waals surface area contributed by atoms with Gasteiger partial charge in [0, 0.05) is 16.6 Å². The molecule has 0 aliphatic rings. The minimum Gasteiger partial charge on any atom is -0.369 e. The number of anilines is 1. The number of halogens is 2. The van der Waals surface area contributed by atoms with Crippen LogP contribution >= 0.6 is 15.9 Å². The SMILES string of the molecule is CCCNc1ccc(-c2cc(Br)ccc2F)nn1. The van der Waals surface area contributed by atoms with Gasteiger partial charge in [0.25, 0.3) is 0 Å². The van der Waals surface area contributed by atoms with E-state index in [9.17, 15) is 4.39 Å². The van der Waals surface area contributed by atoms with Gasteiger partial charge in [0.2, 0.25) is 0 Å². The lowest BCUT2D eigenvalue weighted by molar-refractivity contribution is 0.630. The van der Waals surface area contributed by atoms with Crippen molar-refractivity contribution in [3.8, 4) is 11.3 Å². The standard InChI is InChI=1S/C13H13BrFN3/c1-2-7-16-13-6-5-12(17-18-13)10-8-9(14)3-4-11(10)15/h3-6,8H,2,7H2,1H3,(H,16,18). The minimum absolute atomic E-state index is 0.304. The highest BCUT2D eigenvalue weighted by atomic mass is 79.9. The molecule has 1 aromatic carbocycles. The van der Waals surface area contributed by atoms with E-state index in [0.29, 0.717) is 17.1 Å². The van der Waals surface area contributed by atoms with Crippen molar-refractivity contribution in [3.05, 3.63) is 40.6 Å². The topological polar surface area (TPSA) is 37.8 Å². The second-order valence-corrected chi connectivity index (χ2v) is 4.77. The molecule has 0 atom stereocenters. The molecule has 0 aliphatic heterocycles. The van der Waals surface area contributed by atoms with Gasteiger partial charge in [0.1, 0.15) is 11.6 Å². The van der Waals surface area contributed by atoms with Crippen LogP contribution in [0.3, 0.4) is 0 Å². The van der Waals surface area contributed by atoms with Gasteiger partial charge >= 0.3 is 0 Å². The largest absolute Gasteiger partial charge is 0.369 e. The summed E-state index contributed by atoms with van der Waals surface area (Å²) in [5, 5.41) is 11.2. The predicted molar refractivity (Wildman–Crippen MR) is 73.9 cm³/mol. The van der Waals surface area contributed by atoms with E-state index in [1.807, 2.05) is 0 Å². The zero-order chi connectivity index (χ0) is 13.0. The van der Waals surface area contributed by atoms with E-state index in [2.05, 4.69) is 38.4 Å². The fourth-order valence-electron chi connectivity index (χ4n) is 1.52. The summed E-state index contributed by atoms with van der Waals surface area (Å²) in [6.45, 7) is 2.92. The van der Waals surface area contributed by atoms with Crippen LogP contribution in [0.1, 0.15) is 13.3 Å². The fourth-order valence-corrected chi connectivity index (χ4v) is 1.88. The third-order valence-electron chi connectivity index (χ3n) is 2.43. The smallest absolute Gasteiger partial charge is 0.148 e. The van der Waals surface area contributed by atoms with Crippen LogP contribution in [0.4, 0.5) is 10.2 Å². The molecule has 0 unspecified atom stereocenters. The van der Waals surface area contributed by atoms with Crippen LogP contribution in [0, 0.1) is 5.82 Å². The first-order valence-electron chi connectivity index (χ1n) is 5.73. The van der Waals surface area contributed by atoms with Crippen LogP contribution < -0.4 is 5.32 Å². The molecule has 0 aliphatic carbocycles. The third kappa shape index (κ3) is 3.04. The Bertz CT molecular complexity index is 528. The summed E-state index contributed by atoms with van der Waals surface area (Å²) >= 11 is 3.32. The normalized spacial score (nSPS) is 10.4. The average molecular weight is 310 g/mol. The Morgan fingerprint density at radius 3 is 2.72 bits per heavy atom. The molecular formula is C13H13BrFN3. The highest BCUT2D eigenvalue weighted by Gasteiger charge is 2.07. The van der Waals surface area contributed by atoms with Crippen molar-refractivity contribution >= 4 is 21.7 Å². The summed E-state index contributed by atoms with van der Waals surface area (Å²) in [6.07, 6.45) is 1.02. The Hall–Kier alpha value is -1.49. The molecule has 5 heteroatoms. The average Bonchev–Trinajstić information content (AvgIpc) is 2.40. The summed E-state index contributed by atoms with van der Waals surface area (Å²) in [6, 6.07) is 8.32. The molecule has 1 N–H and O–H groups in total. The van der Waals surface area contributed by atoms with Crippen molar-refractivity contribution in [3.63, 3.8) is 0 Å². The van der Waals surface area contributed by atoms with Gasteiger partial charge < -0.3 is 5.32 Å². The number of hydrogen-bond acceptors (Lipinski definition) is 3. The van der Waals surface area contributed by atoms with Crippen LogP contribution in [-0.4, -0.2) is 16.7 Å². The molecule has 2 rings (SSSR count). The van der Waals surface area contributed by atoms with Gasteiger partial charge in [-0.2, -0.15) is 0 Å². The number of nitrogens with one attached hydrogen (secondary N) is 1. The summed E-state index contributed by atoms with van der Waals surface area (Å²) in [5.74, 6) is 0.401. The first kappa shape index (κ1) is 13.0. The first-order chi connectivity index (χ1) is 8.70. The van der Waals surface area contributed by atoms with Crippen molar-refractivity contribution in [1.82, 2.24) is 10.2 Å². The van der Waals surface area contributed by atoms with Crippen molar-refractivity contribution in [2.24, 2.45) is 0 Å². The number of rotatable bonds is 4. The zero-order valence-electron chi connectivity index (χ0n) is 9.95. The van der Waals surface area contributed by atoms with Gasteiger partial charge in [0.15, 0.2) is 0 Å². The second kappa shape index (κ2) is 5.91. The Morgan fingerprint density at radius 1 is 1.22 bits per heavy atom. The molecule has 1 aromatic heterocycles. The van der Waals surface area contributed by atoms with E-state index in [-0.39, 0.29) is 5.82 Å². The monoisotopic (exact) mass is 309 g/mol. The van der Waals surface area contributed by atoms with Crippen molar-refractivity contribution < 1.29 is 4.39 Å². The molecule has 0 amide bonds. The number of benzene rings is 1. The molecule has 0 bridgehead atoms. The van der Waals surface area contributed by atoms with Crippen LogP contribution in [0.5, 0.6) is 0 Å². The van der Waals surface area contributed by atoms with E-state index in [0.717, 1.165) is 17.4 Å². The lowest BCUT2D eigenvalue weighted by Gasteiger charge is -2.05. The summed E-state index contributed by atoms with van der Waals surface area (Å²) in [7, 11) is 0. The number of nitrogens with zero attached hydrogens (tertiary/aromatic N) is 2. The highest BCUT2D eigenvalue weighted by Crippen LogP contribution is 2.24. The molecular weight excluding hydrogens is 297 g/mol. The van der Waals surface area contributed by atoms with Crippen molar-refractivity contribution in [1.29, 1.82) is 0 Å². The molecule has 0 radical (unpaired) electrons. The summed E-state index contributed by atoms with van der Waals surface area (Å²) in [4.78, 5) is 0. The van der Waals surface area contributed by atoms with Crippen LogP contribution in [0.2, 0.25) is 0 Å². The molecule has 0 spiro atoms. The minimum atomic E-state index is -0.304. The molecule has 1 heterocycles. The van der Waals surface area contributed by atoms with Crippen LogP contribution in [0.15, 0.2) is 34.8 Å². The first-order valence-corrected chi connectivity index (χ1v) is 6.53. The molecule has 0 saturated heterocycles. The quantitative estimate of drug-likeness (QED) is 0.931. The van der Waals surface area contributed by atoms with Gasteiger partial charge in [0.05, 0.1) is 5.69 Å². The molecule has 3 nitrogen and oxygen atoms in total. The zero-order valence-corrected chi connectivity index (χ0v) is 11.5. The van der Waals surface area contributed by atoms with Crippen LogP contribution in [0.25, 0.3) is 11.3 Å². The van der Waals surface area contributed by atoms with Gasteiger partial charge in [-0.25, -0.2) is 4.39 Å². The van der Waals surface area contributed by atoms with Crippen LogP contribution in [-0.2, 0) is 0 Å². The maximum atomic E-state index is 13.7. The Kier molecular flexibility index (Phi) is 4.25. The van der Waals surface area contributed by atoms with E-state index in [4.69, 9.17) is 0 Å². The Labute approximate surface area is 114 Å². The molecule has 2 aromatic rings. The van der Waals surface area contributed by atoms with E-state index < -0.39 is 0 Å². The fraction of sp³-hybridized carbons (Fsp3) is 0.231. The van der Waals surface area contributed by atoms with Gasteiger partial charge in [-0.15, -0.1) is 10.2 Å². The van der Waals surface area contributed by atoms with E-state index in [1.165, 1.54) is 6.07 Å². The molecule has 94 valence electrons. The molecule has 18 heavy (non-hydrogen) atoms. The van der Waals surface area contributed by atoms with Crippen molar-refractivity contribution in [2.45, 2.75) is 13.3 Å². The molecule has 0 fully saturated rings. The lowest BCUT2D eigenvalue weighted by Crippen LogP contribution is -2.03. The van der Waals surface area contributed by atoms with E-state index in [1.54, 1.807) is 24.3 Å². The third-order valence-corrected chi connectivity index (χ3v) is 2.92. The summed E-state index contributed by atoms with van der Waals surface area (Å²) in [5.41, 5.74) is 0.967. The van der Waals surface area contributed by atoms with Gasteiger partial charge in [-0.3, -0.25) is 0 Å². The van der Waals surface area contributed by atoms with Gasteiger partial charge in [-0.05, 0) is 36.8 Å². The second-order valence-electron chi connectivity index (χ2n) is 3.85. The maximum absolute atomic E-state index is 13.7. The Balaban J connectivity index is 2.25. The van der Waals surface area contributed by atoms with E-state index >= 15 is 0 Å². The number of aromatic nitrogens is 2. The predicted octanol–water partition coefficient (Wildman–Crippen LogP) is 3.87. The maximum Gasteiger partial charge on any atom is 0.148 e. The molecule has 0 saturated carbocycles. The number of hydrogen-bond donors (Lipinski definition) is 1. The highest BCUT2D eigenvalue weighted by molar-refractivity contribution is 9.10.